The van der Waals surface area contributed by atoms with Crippen molar-refractivity contribution in [3.05, 3.63) is 105 Å². The number of aromatic hydroxyl groups is 4. The van der Waals surface area contributed by atoms with Gasteiger partial charge in [-0.25, -0.2) is 4.68 Å². The van der Waals surface area contributed by atoms with E-state index in [2.05, 4.69) is 58.6 Å². The summed E-state index contributed by atoms with van der Waals surface area (Å²) >= 11 is 12.3. The van der Waals surface area contributed by atoms with Crippen molar-refractivity contribution in [2.75, 3.05) is 7.11 Å². The van der Waals surface area contributed by atoms with Crippen LogP contribution in [0.1, 0.15) is 75.3 Å². The lowest BCUT2D eigenvalue weighted by atomic mass is 10.0. The lowest BCUT2D eigenvalue weighted by Crippen LogP contribution is -2.09. The van der Waals surface area contributed by atoms with Gasteiger partial charge in [0.15, 0.2) is 10.6 Å². The number of benzene rings is 4. The topological polar surface area (TPSA) is 143 Å². The molecule has 0 aliphatic heterocycles. The zero-order valence-corrected chi connectivity index (χ0v) is 36.5. The maximum atomic E-state index is 11.5. The number of aryl methyl sites for hydroxylation is 4. The summed E-state index contributed by atoms with van der Waals surface area (Å²) in [5.41, 5.74) is 8.87. The molecule has 0 radical (unpaired) electrons. The highest BCUT2D eigenvalue weighted by Gasteiger charge is 2.30. The molecule has 4 heterocycles. The zero-order valence-electron chi connectivity index (χ0n) is 34.9. The summed E-state index contributed by atoms with van der Waals surface area (Å²) in [5, 5.41) is 51.1. The van der Waals surface area contributed by atoms with Crippen LogP contribution >= 0.6 is 24.4 Å². The molecule has 9 rings (SSSR count). The number of methoxy groups -OCH3 is 1. The summed E-state index contributed by atoms with van der Waals surface area (Å²) in [4.78, 5) is 3.37. The Labute approximate surface area is 363 Å². The second-order valence-corrected chi connectivity index (χ2v) is 16.6. The summed E-state index contributed by atoms with van der Waals surface area (Å²) < 4.78 is 16.8. The molecule has 61 heavy (non-hydrogen) atoms. The molecule has 8 aromatic rings. The second-order valence-electron chi connectivity index (χ2n) is 15.8. The predicted molar refractivity (Wildman–Crippen MR) is 244 cm³/mol. The highest BCUT2D eigenvalue weighted by Crippen LogP contribution is 2.48. The molecule has 1 aliphatic rings. The van der Waals surface area contributed by atoms with E-state index >= 15 is 0 Å². The number of aromatic amines is 1. The molecular formula is C47H49N7O5S2. The molecule has 0 unspecified atom stereocenters. The van der Waals surface area contributed by atoms with Crippen molar-refractivity contribution in [2.24, 2.45) is 0 Å². The van der Waals surface area contributed by atoms with Gasteiger partial charge in [0.1, 0.15) is 35.4 Å². The van der Waals surface area contributed by atoms with Crippen LogP contribution in [0.15, 0.2) is 73.1 Å². The first-order valence-electron chi connectivity index (χ1n) is 20.9. The number of rotatable bonds is 13. The number of nitrogens with zero attached hydrogens (tertiary/aromatic N) is 6. The second kappa shape index (κ2) is 15.7. The van der Waals surface area contributed by atoms with E-state index in [0.29, 0.717) is 39.3 Å². The zero-order chi connectivity index (χ0) is 42.9. The molecule has 1 fully saturated rings. The molecule has 0 atom stereocenters. The minimum absolute atomic E-state index is 0.0255. The molecule has 14 heteroatoms. The molecule has 314 valence electrons. The summed E-state index contributed by atoms with van der Waals surface area (Å²) in [5.74, 6) is 1.45. The predicted octanol–water partition coefficient (Wildman–Crippen LogP) is 10.8. The summed E-state index contributed by atoms with van der Waals surface area (Å²) in [7, 11) is 1.67. The molecule has 12 nitrogen and oxygen atoms in total. The highest BCUT2D eigenvalue weighted by atomic mass is 32.1. The Kier molecular flexibility index (Phi) is 10.3. The van der Waals surface area contributed by atoms with Gasteiger partial charge in [-0.15, -0.1) is 5.10 Å². The molecule has 5 N–H and O–H groups in total. The van der Waals surface area contributed by atoms with Crippen molar-refractivity contribution >= 4 is 46.2 Å². The smallest absolute Gasteiger partial charge is 0.204 e. The first-order chi connectivity index (χ1) is 29.5. The molecule has 0 amide bonds. The third-order valence-electron chi connectivity index (χ3n) is 12.1. The minimum atomic E-state index is -0.0867. The van der Waals surface area contributed by atoms with Crippen molar-refractivity contribution in [3.8, 4) is 62.8 Å². The van der Waals surface area contributed by atoms with Gasteiger partial charge in [0.2, 0.25) is 4.77 Å². The maximum absolute atomic E-state index is 11.5. The summed E-state index contributed by atoms with van der Waals surface area (Å²) in [6, 6.07) is 18.7. The van der Waals surface area contributed by atoms with Crippen LogP contribution in [0.3, 0.4) is 0 Å². The number of H-pyrrole nitrogens is 1. The van der Waals surface area contributed by atoms with Crippen LogP contribution in [0.2, 0.25) is 0 Å². The quantitative estimate of drug-likeness (QED) is 0.0721. The standard InChI is InChI=1S/C47H49N7O5S2/c1-6-17-50-18-16-30-37(14-15-42(59-5)44(30)50)54-45(34-21-32(28-10-11-28)39(56)23-41(34)58)49-52(47(54)61)25-51-24-27(8-3)31-20-29(12-13-36(31)51)53-43(35(9-4)48-46(53)60)33-19-26(7-2)38(55)22-40(33)57/h12-16,18-24,28,55-58H,6-11,17,25H2,1-5H3,(H,48,60). The number of hydrogen-bond donors (Lipinski definition) is 5. The van der Waals surface area contributed by atoms with Gasteiger partial charge in [-0.2, -0.15) is 0 Å². The Morgan fingerprint density at radius 3 is 2.23 bits per heavy atom. The van der Waals surface area contributed by atoms with E-state index in [1.54, 1.807) is 11.8 Å². The van der Waals surface area contributed by atoms with Crippen LogP contribution in [0.4, 0.5) is 0 Å². The Hall–Kier alpha value is -6.25. The maximum Gasteiger partial charge on any atom is 0.204 e. The van der Waals surface area contributed by atoms with E-state index in [4.69, 9.17) is 34.3 Å². The van der Waals surface area contributed by atoms with Gasteiger partial charge in [-0.05, 0) is 134 Å². The molecule has 4 aromatic carbocycles. The van der Waals surface area contributed by atoms with Gasteiger partial charge >= 0.3 is 0 Å². The fraction of sp³-hybridized carbons (Fsp3) is 0.298. The van der Waals surface area contributed by atoms with Gasteiger partial charge in [-0.3, -0.25) is 9.13 Å². The van der Waals surface area contributed by atoms with Crippen LogP contribution in [-0.2, 0) is 32.5 Å². The van der Waals surface area contributed by atoms with Gasteiger partial charge in [-0.1, -0.05) is 27.7 Å². The number of nitrogens with one attached hydrogen (secondary N) is 1. The van der Waals surface area contributed by atoms with Crippen molar-refractivity contribution in [3.63, 3.8) is 0 Å². The number of fused-ring (bicyclic) bond motifs is 2. The molecular weight excluding hydrogens is 807 g/mol. The highest BCUT2D eigenvalue weighted by molar-refractivity contribution is 7.71. The Morgan fingerprint density at radius 1 is 0.770 bits per heavy atom. The minimum Gasteiger partial charge on any atom is -0.508 e. The van der Waals surface area contributed by atoms with E-state index in [0.717, 1.165) is 99.2 Å². The number of hydrogen-bond acceptors (Lipinski definition) is 8. The average Bonchev–Trinajstić information content (AvgIpc) is 3.62. The largest absolute Gasteiger partial charge is 0.508 e. The number of imidazole rings is 1. The summed E-state index contributed by atoms with van der Waals surface area (Å²) in [6.45, 7) is 9.35. The molecule has 1 aliphatic carbocycles. The van der Waals surface area contributed by atoms with Crippen LogP contribution in [0, 0.1) is 9.54 Å². The van der Waals surface area contributed by atoms with Crippen molar-refractivity contribution < 1.29 is 25.2 Å². The van der Waals surface area contributed by atoms with Gasteiger partial charge in [0.05, 0.1) is 35.1 Å². The fourth-order valence-electron chi connectivity index (χ4n) is 8.85. The third-order valence-corrected chi connectivity index (χ3v) is 12.7. The normalized spacial score (nSPS) is 12.9. The third kappa shape index (κ3) is 6.68. The van der Waals surface area contributed by atoms with Crippen LogP contribution in [0.5, 0.6) is 28.7 Å². The lowest BCUT2D eigenvalue weighted by Gasteiger charge is -2.14. The Balaban J connectivity index is 1.20. The van der Waals surface area contributed by atoms with E-state index in [1.807, 2.05) is 53.3 Å². The average molecular weight is 856 g/mol. The molecule has 0 saturated heterocycles. The summed E-state index contributed by atoms with van der Waals surface area (Å²) in [6.07, 6.45) is 9.09. The number of ether oxygens (including phenoxy) is 1. The molecule has 4 aromatic heterocycles. The van der Waals surface area contributed by atoms with Crippen LogP contribution < -0.4 is 4.74 Å². The first-order valence-corrected chi connectivity index (χ1v) is 21.7. The number of phenols is 4. The van der Waals surface area contributed by atoms with Gasteiger partial charge in [0, 0.05) is 58.8 Å². The Morgan fingerprint density at radius 2 is 1.52 bits per heavy atom. The van der Waals surface area contributed by atoms with E-state index < -0.39 is 0 Å². The van der Waals surface area contributed by atoms with Gasteiger partial charge in [0.25, 0.3) is 0 Å². The van der Waals surface area contributed by atoms with Crippen molar-refractivity contribution in [1.82, 2.24) is 33.0 Å². The fourth-order valence-corrected chi connectivity index (χ4v) is 9.45. The molecule has 1 saturated carbocycles. The van der Waals surface area contributed by atoms with Gasteiger partial charge < -0.3 is 39.3 Å². The SMILES string of the molecule is CCCn1ccc2c(-n3c(-c4cc(C5CC5)c(O)cc4O)nn(Cn4cc(CC)c5cc(-n6c(-c7cc(CC)c(O)cc7O)c(CC)[nH]c6=S)ccc54)c3=S)ccc(OC)c21. The first kappa shape index (κ1) is 40.2. The van der Waals surface area contributed by atoms with Crippen molar-refractivity contribution in [2.45, 2.75) is 85.4 Å². The lowest BCUT2D eigenvalue weighted by molar-refractivity contribution is 0.417. The van der Waals surface area contributed by atoms with E-state index in [1.165, 1.54) is 12.1 Å². The van der Waals surface area contributed by atoms with Crippen LogP contribution in [0.25, 0.3) is 55.8 Å². The van der Waals surface area contributed by atoms with Crippen molar-refractivity contribution in [1.29, 1.82) is 0 Å². The van der Waals surface area contributed by atoms with Crippen LogP contribution in [-0.4, -0.2) is 60.6 Å². The van der Waals surface area contributed by atoms with E-state index in [9.17, 15) is 20.4 Å². The Bertz CT molecular complexity index is 3140. The molecule has 0 spiro atoms. The van der Waals surface area contributed by atoms with E-state index in [-0.39, 0.29) is 35.6 Å². The molecule has 0 bridgehead atoms. The number of aromatic nitrogens is 7. The number of phenolic OH excluding ortho intramolecular Hbond substituents is 4. The monoisotopic (exact) mass is 855 g/mol.